The van der Waals surface area contributed by atoms with Gasteiger partial charge in [-0.25, -0.2) is 18.0 Å². The van der Waals surface area contributed by atoms with E-state index in [1.807, 2.05) is 30.3 Å². The summed E-state index contributed by atoms with van der Waals surface area (Å²) >= 11 is 0. The van der Waals surface area contributed by atoms with Crippen LogP contribution in [-0.4, -0.2) is 76.3 Å². The molecular weight excluding hydrogens is 529 g/mol. The van der Waals surface area contributed by atoms with Gasteiger partial charge in [0.1, 0.15) is 23.8 Å². The third kappa shape index (κ3) is 5.87. The highest BCUT2D eigenvalue weighted by Crippen LogP contribution is 2.41. The lowest BCUT2D eigenvalue weighted by Crippen LogP contribution is -2.54. The van der Waals surface area contributed by atoms with Crippen LogP contribution in [0.2, 0.25) is 0 Å². The molecule has 0 saturated carbocycles. The summed E-state index contributed by atoms with van der Waals surface area (Å²) in [5.74, 6) is -1.20. The van der Waals surface area contributed by atoms with Gasteiger partial charge in [0.2, 0.25) is 0 Å². The predicted molar refractivity (Wildman–Crippen MR) is 151 cm³/mol. The number of hydrogen-bond acceptors (Lipinski definition) is 4. The van der Waals surface area contributed by atoms with Gasteiger partial charge in [-0.1, -0.05) is 30.3 Å². The van der Waals surface area contributed by atoms with Crippen molar-refractivity contribution in [3.63, 3.8) is 0 Å². The molecule has 3 heterocycles. The zero-order valence-electron chi connectivity index (χ0n) is 23.1. The Labute approximate surface area is 238 Å². The molecule has 9 heteroatoms. The van der Waals surface area contributed by atoms with Crippen molar-refractivity contribution >= 4 is 11.6 Å². The molecule has 0 spiro atoms. The molecule has 1 aromatic heterocycles. The quantitative estimate of drug-likeness (QED) is 0.418. The number of aliphatic hydroxyl groups excluding tert-OH is 1. The Balaban J connectivity index is 1.42. The first kappa shape index (κ1) is 28.8. The summed E-state index contributed by atoms with van der Waals surface area (Å²) < 4.78 is 43.4. The van der Waals surface area contributed by atoms with E-state index >= 15 is 0 Å². The lowest BCUT2D eigenvalue weighted by atomic mass is 9.89. The van der Waals surface area contributed by atoms with Gasteiger partial charge in [0.15, 0.2) is 0 Å². The SMILES string of the molecule is CN(C(=O)N1CC(c2cc(F)ccc2F)=C[C@@]1(CO)c1ccccc1)C1CCCN(Cc2ccncc2)C(CF)C1. The molecule has 1 fully saturated rings. The monoisotopic (exact) mass is 564 g/mol. The first-order valence-electron chi connectivity index (χ1n) is 13.9. The van der Waals surface area contributed by atoms with E-state index in [-0.39, 0.29) is 30.2 Å². The number of rotatable bonds is 7. The molecular formula is C32H35F3N4O2. The normalized spacial score (nSPS) is 23.2. The molecule has 216 valence electrons. The fraction of sp³-hybridized carbons (Fsp3) is 0.375. The third-order valence-corrected chi connectivity index (χ3v) is 8.45. The minimum Gasteiger partial charge on any atom is -0.393 e. The lowest BCUT2D eigenvalue weighted by molar-refractivity contribution is 0.0741. The molecule has 1 saturated heterocycles. The van der Waals surface area contributed by atoms with Gasteiger partial charge in [0, 0.05) is 50.2 Å². The maximum absolute atomic E-state index is 14.8. The van der Waals surface area contributed by atoms with Gasteiger partial charge < -0.3 is 14.9 Å². The first-order chi connectivity index (χ1) is 19.9. The summed E-state index contributed by atoms with van der Waals surface area (Å²) in [7, 11) is 1.70. The number of urea groups is 1. The number of carbonyl (C=O) groups is 1. The van der Waals surface area contributed by atoms with Crippen molar-refractivity contribution < 1.29 is 23.1 Å². The number of nitrogens with zero attached hydrogens (tertiary/aromatic N) is 4. The minimum absolute atomic E-state index is 0.0214. The molecule has 2 aliphatic heterocycles. The first-order valence-corrected chi connectivity index (χ1v) is 13.9. The number of hydrogen-bond donors (Lipinski definition) is 1. The number of benzene rings is 2. The van der Waals surface area contributed by atoms with Gasteiger partial charge in [-0.05, 0) is 78.9 Å². The molecule has 3 aromatic rings. The Kier molecular flexibility index (Phi) is 8.75. The Morgan fingerprint density at radius 3 is 2.59 bits per heavy atom. The van der Waals surface area contributed by atoms with Crippen molar-refractivity contribution in [2.45, 2.75) is 43.4 Å². The van der Waals surface area contributed by atoms with E-state index in [9.17, 15) is 23.1 Å². The molecule has 1 N–H and O–H groups in total. The molecule has 0 bridgehead atoms. The van der Waals surface area contributed by atoms with Crippen LogP contribution in [0, 0.1) is 11.6 Å². The molecule has 2 aliphatic rings. The third-order valence-electron chi connectivity index (χ3n) is 8.45. The van der Waals surface area contributed by atoms with Gasteiger partial charge in [-0.15, -0.1) is 0 Å². The Morgan fingerprint density at radius 2 is 1.88 bits per heavy atom. The highest BCUT2D eigenvalue weighted by Gasteiger charge is 2.46. The topological polar surface area (TPSA) is 59.9 Å². The average Bonchev–Trinajstić information content (AvgIpc) is 3.29. The maximum atomic E-state index is 14.8. The van der Waals surface area contributed by atoms with Crippen LogP contribution < -0.4 is 0 Å². The fourth-order valence-electron chi connectivity index (χ4n) is 6.14. The van der Waals surface area contributed by atoms with Gasteiger partial charge in [0.25, 0.3) is 0 Å². The number of likely N-dealkylation sites (tertiary alicyclic amines) is 1. The summed E-state index contributed by atoms with van der Waals surface area (Å²) in [6.07, 6.45) is 7.04. The van der Waals surface area contributed by atoms with Crippen LogP contribution in [0.1, 0.15) is 36.0 Å². The fourth-order valence-corrected chi connectivity index (χ4v) is 6.14. The van der Waals surface area contributed by atoms with Crippen molar-refractivity contribution in [2.24, 2.45) is 0 Å². The lowest BCUT2D eigenvalue weighted by Gasteiger charge is -2.41. The van der Waals surface area contributed by atoms with Crippen LogP contribution in [0.15, 0.2) is 79.1 Å². The zero-order chi connectivity index (χ0) is 29.0. The number of pyridine rings is 1. The molecule has 2 amide bonds. The van der Waals surface area contributed by atoms with Crippen molar-refractivity contribution in [1.29, 1.82) is 0 Å². The summed E-state index contributed by atoms with van der Waals surface area (Å²) in [5, 5.41) is 10.8. The van der Waals surface area contributed by atoms with Crippen LogP contribution in [0.5, 0.6) is 0 Å². The van der Waals surface area contributed by atoms with Gasteiger partial charge in [0.05, 0.1) is 6.61 Å². The summed E-state index contributed by atoms with van der Waals surface area (Å²) in [4.78, 5) is 23.6. The second-order valence-corrected chi connectivity index (χ2v) is 10.9. The van der Waals surface area contributed by atoms with Crippen molar-refractivity contribution in [1.82, 2.24) is 19.7 Å². The van der Waals surface area contributed by atoms with Crippen LogP contribution >= 0.6 is 0 Å². The summed E-state index contributed by atoms with van der Waals surface area (Å²) in [5.41, 5.74) is 0.889. The van der Waals surface area contributed by atoms with E-state index in [0.717, 1.165) is 30.2 Å². The maximum Gasteiger partial charge on any atom is 0.321 e. The molecule has 2 aromatic carbocycles. The number of aliphatic hydroxyl groups is 1. The van der Waals surface area contributed by atoms with E-state index in [4.69, 9.17) is 0 Å². The minimum atomic E-state index is -1.28. The van der Waals surface area contributed by atoms with E-state index < -0.39 is 30.5 Å². The van der Waals surface area contributed by atoms with Gasteiger partial charge in [-0.3, -0.25) is 9.88 Å². The molecule has 0 aliphatic carbocycles. The van der Waals surface area contributed by atoms with Crippen LogP contribution in [0.25, 0.3) is 5.57 Å². The van der Waals surface area contributed by atoms with Gasteiger partial charge in [-0.2, -0.15) is 0 Å². The highest BCUT2D eigenvalue weighted by atomic mass is 19.1. The summed E-state index contributed by atoms with van der Waals surface area (Å²) in [6.45, 7) is 0.291. The van der Waals surface area contributed by atoms with Gasteiger partial charge >= 0.3 is 6.03 Å². The number of carbonyl (C=O) groups excluding carboxylic acids is 1. The van der Waals surface area contributed by atoms with Crippen LogP contribution in [-0.2, 0) is 12.1 Å². The van der Waals surface area contributed by atoms with E-state index in [0.29, 0.717) is 37.1 Å². The Bertz CT molecular complexity index is 1370. The van der Waals surface area contributed by atoms with Crippen molar-refractivity contribution in [3.05, 3.63) is 107 Å². The molecule has 41 heavy (non-hydrogen) atoms. The Morgan fingerprint density at radius 1 is 1.12 bits per heavy atom. The second-order valence-electron chi connectivity index (χ2n) is 10.9. The number of amides is 2. The standard InChI is InChI=1S/C32H35F3N4O2/c1-37(27-8-5-15-38(28(17-27)19-33)20-23-11-13-36-14-12-23)31(41)39-21-24(29-16-26(34)9-10-30(29)35)18-32(39,22-40)25-6-3-2-4-7-25/h2-4,6-7,9-14,16,18,27-28,40H,5,8,15,17,19-22H2,1H3/t27?,28?,32-/m1/s1. The zero-order valence-corrected chi connectivity index (χ0v) is 23.1. The molecule has 2 unspecified atom stereocenters. The predicted octanol–water partition coefficient (Wildman–Crippen LogP) is 5.39. The number of alkyl halides is 1. The second kappa shape index (κ2) is 12.4. The number of halogens is 3. The molecule has 5 rings (SSSR count). The summed E-state index contributed by atoms with van der Waals surface area (Å²) in [6, 6.07) is 15.2. The molecule has 3 atom stereocenters. The largest absolute Gasteiger partial charge is 0.393 e. The highest BCUT2D eigenvalue weighted by molar-refractivity contribution is 5.83. The molecule has 6 nitrogen and oxygen atoms in total. The van der Waals surface area contributed by atoms with Crippen LogP contribution in [0.3, 0.4) is 0 Å². The van der Waals surface area contributed by atoms with E-state index in [1.54, 1.807) is 42.6 Å². The van der Waals surface area contributed by atoms with Crippen LogP contribution in [0.4, 0.5) is 18.0 Å². The van der Waals surface area contributed by atoms with Crippen molar-refractivity contribution in [2.75, 3.05) is 33.4 Å². The van der Waals surface area contributed by atoms with Crippen molar-refractivity contribution in [3.8, 4) is 0 Å². The van der Waals surface area contributed by atoms with E-state index in [2.05, 4.69) is 9.88 Å². The average molecular weight is 565 g/mol. The smallest absolute Gasteiger partial charge is 0.321 e. The molecule has 0 radical (unpaired) electrons. The van der Waals surface area contributed by atoms with E-state index in [1.165, 1.54) is 4.90 Å². The Hall–Kier alpha value is -3.69. The number of aromatic nitrogens is 1.